The first-order valence-electron chi connectivity index (χ1n) is 10.3. The molecule has 2 aromatic carbocycles. The standard InChI is InChI=1S/C25H20FN3O3/c26-19-9-8-16(22(30)13-17-11-15-5-1-2-6-18(15)24(17)31)12-20(19)28-25(32)21-14-27-23-7-3-4-10-29(21)23/h1-10,12,14,17,24,31H,11,13H2,(H,28,32)/t17-,24+/m0/s1. The number of nitrogens with zero attached hydrogens (tertiary/aromatic N) is 2. The van der Waals surface area contributed by atoms with Crippen LogP contribution in [0.1, 0.15) is 44.5 Å². The summed E-state index contributed by atoms with van der Waals surface area (Å²) in [5.41, 5.74) is 2.94. The van der Waals surface area contributed by atoms with Crippen LogP contribution in [0.25, 0.3) is 5.65 Å². The lowest BCUT2D eigenvalue weighted by molar-refractivity contribution is 0.0840. The molecule has 6 nitrogen and oxygen atoms in total. The van der Waals surface area contributed by atoms with Gasteiger partial charge in [-0.15, -0.1) is 0 Å². The summed E-state index contributed by atoms with van der Waals surface area (Å²) in [5.74, 6) is -1.63. The lowest BCUT2D eigenvalue weighted by Gasteiger charge is -2.15. The first-order valence-corrected chi connectivity index (χ1v) is 10.3. The zero-order valence-corrected chi connectivity index (χ0v) is 17.0. The van der Waals surface area contributed by atoms with Crippen LogP contribution in [-0.2, 0) is 6.42 Å². The summed E-state index contributed by atoms with van der Waals surface area (Å²) in [4.78, 5) is 29.8. The number of carbonyl (C=O) groups excluding carboxylic acids is 2. The van der Waals surface area contributed by atoms with Crippen molar-refractivity contribution in [2.75, 3.05) is 5.32 Å². The molecule has 0 unspecified atom stereocenters. The van der Waals surface area contributed by atoms with E-state index in [0.29, 0.717) is 12.1 Å². The normalized spacial score (nSPS) is 17.3. The van der Waals surface area contributed by atoms with Gasteiger partial charge in [-0.1, -0.05) is 30.3 Å². The molecule has 0 fully saturated rings. The number of aliphatic hydroxyl groups is 1. The molecule has 1 amide bonds. The number of hydrogen-bond acceptors (Lipinski definition) is 4. The lowest BCUT2D eigenvalue weighted by atomic mass is 9.94. The number of imidazole rings is 1. The molecule has 2 N–H and O–H groups in total. The fraction of sp³-hybridized carbons (Fsp3) is 0.160. The second-order valence-electron chi connectivity index (χ2n) is 7.96. The number of aliphatic hydroxyl groups excluding tert-OH is 1. The predicted octanol–water partition coefficient (Wildman–Crippen LogP) is 4.20. The lowest BCUT2D eigenvalue weighted by Crippen LogP contribution is -2.16. The van der Waals surface area contributed by atoms with Gasteiger partial charge in [0.25, 0.3) is 5.91 Å². The highest BCUT2D eigenvalue weighted by Crippen LogP contribution is 2.38. The van der Waals surface area contributed by atoms with Crippen LogP contribution in [0.2, 0.25) is 0 Å². The Morgan fingerprint density at radius 3 is 2.78 bits per heavy atom. The highest BCUT2D eigenvalue weighted by Gasteiger charge is 2.32. The van der Waals surface area contributed by atoms with Crippen LogP contribution in [0.5, 0.6) is 0 Å². The number of benzene rings is 2. The minimum Gasteiger partial charge on any atom is -0.388 e. The third-order valence-corrected chi connectivity index (χ3v) is 5.94. The zero-order chi connectivity index (χ0) is 22.2. The molecule has 7 heteroatoms. The van der Waals surface area contributed by atoms with E-state index >= 15 is 0 Å². The van der Waals surface area contributed by atoms with E-state index in [0.717, 1.165) is 17.2 Å². The van der Waals surface area contributed by atoms with E-state index in [1.165, 1.54) is 18.3 Å². The molecular formula is C25H20FN3O3. The van der Waals surface area contributed by atoms with Crippen LogP contribution >= 0.6 is 0 Å². The topological polar surface area (TPSA) is 83.7 Å². The Morgan fingerprint density at radius 2 is 1.94 bits per heavy atom. The molecule has 2 atom stereocenters. The number of pyridine rings is 1. The largest absolute Gasteiger partial charge is 0.388 e. The number of halogens is 1. The Hall–Kier alpha value is -3.84. The fourth-order valence-corrected chi connectivity index (χ4v) is 4.28. The molecule has 2 aromatic heterocycles. The number of amides is 1. The number of aromatic nitrogens is 2. The van der Waals surface area contributed by atoms with E-state index in [1.807, 2.05) is 24.3 Å². The summed E-state index contributed by atoms with van der Waals surface area (Å²) in [5, 5.41) is 13.1. The molecule has 0 saturated carbocycles. The quantitative estimate of drug-likeness (QED) is 0.466. The third-order valence-electron chi connectivity index (χ3n) is 5.94. The van der Waals surface area contributed by atoms with Gasteiger partial charge >= 0.3 is 0 Å². The number of ketones is 1. The van der Waals surface area contributed by atoms with Crippen molar-refractivity contribution in [2.24, 2.45) is 5.92 Å². The van der Waals surface area contributed by atoms with E-state index in [-0.39, 0.29) is 35.1 Å². The van der Waals surface area contributed by atoms with Crippen molar-refractivity contribution < 1.29 is 19.1 Å². The highest BCUT2D eigenvalue weighted by molar-refractivity contribution is 6.04. The summed E-state index contributed by atoms with van der Waals surface area (Å²) in [7, 11) is 0. The van der Waals surface area contributed by atoms with Gasteiger partial charge in [0.2, 0.25) is 0 Å². The first kappa shape index (κ1) is 20.1. The van der Waals surface area contributed by atoms with E-state index in [9.17, 15) is 19.1 Å². The minimum absolute atomic E-state index is 0.0815. The van der Waals surface area contributed by atoms with Crippen LogP contribution in [0.15, 0.2) is 73.1 Å². The van der Waals surface area contributed by atoms with Gasteiger partial charge in [0.05, 0.1) is 18.0 Å². The molecule has 0 saturated heterocycles. The Balaban J connectivity index is 1.34. The van der Waals surface area contributed by atoms with E-state index in [1.54, 1.807) is 28.8 Å². The Labute approximate surface area is 183 Å². The van der Waals surface area contributed by atoms with Crippen molar-refractivity contribution >= 4 is 23.0 Å². The van der Waals surface area contributed by atoms with Crippen LogP contribution in [0.3, 0.4) is 0 Å². The van der Waals surface area contributed by atoms with Gasteiger partial charge in [-0.25, -0.2) is 9.37 Å². The number of anilines is 1. The van der Waals surface area contributed by atoms with E-state index < -0.39 is 17.8 Å². The third kappa shape index (κ3) is 3.56. The molecule has 160 valence electrons. The average Bonchev–Trinajstić information content (AvgIpc) is 3.37. The molecule has 4 aromatic rings. The van der Waals surface area contributed by atoms with Gasteiger partial charge in [-0.2, -0.15) is 0 Å². The monoisotopic (exact) mass is 429 g/mol. The van der Waals surface area contributed by atoms with Crippen LogP contribution in [0.4, 0.5) is 10.1 Å². The van der Waals surface area contributed by atoms with Gasteiger partial charge in [0.1, 0.15) is 17.2 Å². The van der Waals surface area contributed by atoms with Crippen molar-refractivity contribution in [3.05, 3.63) is 101 Å². The van der Waals surface area contributed by atoms with Crippen molar-refractivity contribution in [2.45, 2.75) is 18.9 Å². The van der Waals surface area contributed by atoms with Crippen molar-refractivity contribution in [1.82, 2.24) is 9.38 Å². The van der Waals surface area contributed by atoms with Crippen LogP contribution in [-0.4, -0.2) is 26.2 Å². The molecule has 32 heavy (non-hydrogen) atoms. The van der Waals surface area contributed by atoms with Crippen LogP contribution < -0.4 is 5.32 Å². The molecule has 0 spiro atoms. The molecule has 5 rings (SSSR count). The summed E-state index contributed by atoms with van der Waals surface area (Å²) >= 11 is 0. The molecule has 2 heterocycles. The molecule has 0 radical (unpaired) electrons. The fourth-order valence-electron chi connectivity index (χ4n) is 4.28. The van der Waals surface area contributed by atoms with Crippen molar-refractivity contribution in [3.63, 3.8) is 0 Å². The Kier molecular flexibility index (Phi) is 5.03. The summed E-state index contributed by atoms with van der Waals surface area (Å²) in [6.07, 6.45) is 3.14. The first-order chi connectivity index (χ1) is 15.5. The smallest absolute Gasteiger partial charge is 0.274 e. The van der Waals surface area contributed by atoms with Gasteiger partial charge < -0.3 is 10.4 Å². The average molecular weight is 429 g/mol. The maximum absolute atomic E-state index is 14.4. The Bertz CT molecular complexity index is 1350. The second kappa shape index (κ2) is 8.01. The van der Waals surface area contributed by atoms with E-state index in [4.69, 9.17) is 0 Å². The Morgan fingerprint density at radius 1 is 1.12 bits per heavy atom. The number of nitrogens with one attached hydrogen (secondary N) is 1. The number of hydrogen-bond donors (Lipinski definition) is 2. The number of fused-ring (bicyclic) bond motifs is 2. The minimum atomic E-state index is -0.704. The summed E-state index contributed by atoms with van der Waals surface area (Å²) < 4.78 is 16.0. The van der Waals surface area contributed by atoms with Gasteiger partial charge in [-0.05, 0) is 47.9 Å². The SMILES string of the molecule is O=C(C[C@@H]1Cc2ccccc2[C@@H]1O)c1ccc(F)c(NC(=O)c2cnc3ccccn23)c1. The van der Waals surface area contributed by atoms with Crippen LogP contribution in [0, 0.1) is 11.7 Å². The number of Topliss-reactive ketones (excluding diaryl/α,β-unsaturated/α-hetero) is 1. The molecular weight excluding hydrogens is 409 g/mol. The molecule has 0 aliphatic heterocycles. The second-order valence-corrected chi connectivity index (χ2v) is 7.96. The summed E-state index contributed by atoms with van der Waals surface area (Å²) in [6, 6.07) is 16.8. The summed E-state index contributed by atoms with van der Waals surface area (Å²) in [6.45, 7) is 0. The van der Waals surface area contributed by atoms with E-state index in [2.05, 4.69) is 10.3 Å². The molecule has 1 aliphatic carbocycles. The van der Waals surface area contributed by atoms with Crippen molar-refractivity contribution in [3.8, 4) is 0 Å². The molecule has 0 bridgehead atoms. The number of rotatable bonds is 5. The highest BCUT2D eigenvalue weighted by atomic mass is 19.1. The maximum Gasteiger partial charge on any atom is 0.274 e. The number of carbonyl (C=O) groups is 2. The van der Waals surface area contributed by atoms with Gasteiger partial charge in [0.15, 0.2) is 5.78 Å². The van der Waals surface area contributed by atoms with Gasteiger partial charge in [0, 0.05) is 24.1 Å². The zero-order valence-electron chi connectivity index (χ0n) is 17.0. The molecule has 1 aliphatic rings. The predicted molar refractivity (Wildman–Crippen MR) is 117 cm³/mol. The van der Waals surface area contributed by atoms with Crippen molar-refractivity contribution in [1.29, 1.82) is 0 Å². The van der Waals surface area contributed by atoms with Gasteiger partial charge in [-0.3, -0.25) is 14.0 Å². The maximum atomic E-state index is 14.4.